The number of hydrogen-bond acceptors (Lipinski definition) is 4. The molecule has 0 unspecified atom stereocenters. The molecule has 0 radical (unpaired) electrons. The number of amides is 1. The number of ether oxygens (including phenoxy) is 2. The lowest BCUT2D eigenvalue weighted by Crippen LogP contribution is -2.41. The second kappa shape index (κ2) is 6.34. The number of carboxylic acids is 1. The van der Waals surface area contributed by atoms with Crippen molar-refractivity contribution in [1.82, 2.24) is 5.32 Å². The first-order valence-electron chi connectivity index (χ1n) is 6.51. The van der Waals surface area contributed by atoms with E-state index in [1.54, 1.807) is 6.07 Å². The number of aliphatic carboxylic acids is 1. The van der Waals surface area contributed by atoms with Crippen molar-refractivity contribution >= 4 is 27.8 Å². The van der Waals surface area contributed by atoms with E-state index in [9.17, 15) is 9.59 Å². The zero-order chi connectivity index (χ0) is 15.6. The van der Waals surface area contributed by atoms with Gasteiger partial charge in [0.2, 0.25) is 6.79 Å². The predicted molar refractivity (Wildman–Crippen MR) is 78.6 cm³/mol. The number of benzene rings is 1. The average molecular weight is 358 g/mol. The van der Waals surface area contributed by atoms with Gasteiger partial charge >= 0.3 is 5.97 Å². The van der Waals surface area contributed by atoms with Crippen LogP contribution in [0.15, 0.2) is 16.6 Å². The zero-order valence-electron chi connectivity index (χ0n) is 11.7. The lowest BCUT2D eigenvalue weighted by Gasteiger charge is -2.16. The van der Waals surface area contributed by atoms with Gasteiger partial charge in [-0.2, -0.15) is 0 Å². The molecule has 114 valence electrons. The molecule has 1 aromatic rings. The molecule has 6 nitrogen and oxygen atoms in total. The van der Waals surface area contributed by atoms with E-state index in [4.69, 9.17) is 14.6 Å². The van der Waals surface area contributed by atoms with Crippen molar-refractivity contribution in [3.63, 3.8) is 0 Å². The van der Waals surface area contributed by atoms with Crippen LogP contribution in [0.3, 0.4) is 0 Å². The molecule has 1 atom stereocenters. The van der Waals surface area contributed by atoms with Crippen molar-refractivity contribution in [3.05, 3.63) is 22.2 Å². The van der Waals surface area contributed by atoms with Gasteiger partial charge in [0.15, 0.2) is 11.5 Å². The van der Waals surface area contributed by atoms with E-state index >= 15 is 0 Å². The van der Waals surface area contributed by atoms with Crippen molar-refractivity contribution in [2.45, 2.75) is 26.3 Å². The second-order valence-corrected chi connectivity index (χ2v) is 6.04. The smallest absolute Gasteiger partial charge is 0.326 e. The molecule has 7 heteroatoms. The highest BCUT2D eigenvalue weighted by Crippen LogP contribution is 2.39. The minimum Gasteiger partial charge on any atom is -0.480 e. The molecule has 0 aromatic heterocycles. The number of carbonyl (C=O) groups is 2. The molecule has 1 aromatic carbocycles. The van der Waals surface area contributed by atoms with E-state index in [0.29, 0.717) is 28.0 Å². The summed E-state index contributed by atoms with van der Waals surface area (Å²) in [6.45, 7) is 3.91. The molecule has 21 heavy (non-hydrogen) atoms. The molecule has 0 aliphatic carbocycles. The molecule has 1 aliphatic heterocycles. The zero-order valence-corrected chi connectivity index (χ0v) is 13.3. The highest BCUT2D eigenvalue weighted by Gasteiger charge is 2.24. The first kappa shape index (κ1) is 15.6. The van der Waals surface area contributed by atoms with E-state index < -0.39 is 17.9 Å². The van der Waals surface area contributed by atoms with Crippen LogP contribution in [-0.4, -0.2) is 29.8 Å². The van der Waals surface area contributed by atoms with E-state index in [2.05, 4.69) is 21.2 Å². The Morgan fingerprint density at radius 1 is 1.38 bits per heavy atom. The number of rotatable bonds is 5. The molecule has 0 saturated heterocycles. The van der Waals surface area contributed by atoms with Crippen molar-refractivity contribution in [1.29, 1.82) is 0 Å². The lowest BCUT2D eigenvalue weighted by molar-refractivity contribution is -0.139. The third-order valence-electron chi connectivity index (χ3n) is 3.00. The minimum atomic E-state index is -1.04. The topological polar surface area (TPSA) is 84.9 Å². The Kier molecular flexibility index (Phi) is 4.72. The van der Waals surface area contributed by atoms with Gasteiger partial charge < -0.3 is 19.9 Å². The number of carboxylic acid groups (broad SMARTS) is 1. The second-order valence-electron chi connectivity index (χ2n) is 5.19. The summed E-state index contributed by atoms with van der Waals surface area (Å²) in [4.78, 5) is 23.4. The van der Waals surface area contributed by atoms with Gasteiger partial charge in [-0.15, -0.1) is 0 Å². The largest absolute Gasteiger partial charge is 0.480 e. The van der Waals surface area contributed by atoms with Crippen molar-refractivity contribution in [2.75, 3.05) is 6.79 Å². The van der Waals surface area contributed by atoms with Gasteiger partial charge in [0.25, 0.3) is 5.91 Å². The Morgan fingerprint density at radius 2 is 2.10 bits per heavy atom. The van der Waals surface area contributed by atoms with Gasteiger partial charge in [-0.1, -0.05) is 13.8 Å². The maximum Gasteiger partial charge on any atom is 0.326 e. The van der Waals surface area contributed by atoms with E-state index in [1.165, 1.54) is 6.07 Å². The Hall–Kier alpha value is -1.76. The van der Waals surface area contributed by atoms with Gasteiger partial charge in [0, 0.05) is 5.56 Å². The number of carbonyl (C=O) groups excluding carboxylic acids is 1. The maximum atomic E-state index is 12.2. The fourth-order valence-corrected chi connectivity index (χ4v) is 2.59. The van der Waals surface area contributed by atoms with Crippen LogP contribution < -0.4 is 14.8 Å². The monoisotopic (exact) mass is 357 g/mol. The van der Waals surface area contributed by atoms with Crippen molar-refractivity contribution in [2.24, 2.45) is 5.92 Å². The molecule has 0 fully saturated rings. The fourth-order valence-electron chi connectivity index (χ4n) is 2.03. The Morgan fingerprint density at radius 3 is 2.71 bits per heavy atom. The standard InChI is InChI=1S/C14H16BrNO5/c1-7(2)3-10(14(18)19)16-13(17)8-4-9(15)12-11(5-8)20-6-21-12/h4-5,7,10H,3,6H2,1-2H3,(H,16,17)(H,18,19)/t10-/m0/s1. The van der Waals surface area contributed by atoms with E-state index in [1.807, 2.05) is 13.8 Å². The van der Waals surface area contributed by atoms with E-state index in [-0.39, 0.29) is 12.7 Å². The molecule has 0 saturated carbocycles. The van der Waals surface area contributed by atoms with Crippen molar-refractivity contribution < 1.29 is 24.2 Å². The highest BCUT2D eigenvalue weighted by atomic mass is 79.9. The highest BCUT2D eigenvalue weighted by molar-refractivity contribution is 9.10. The summed E-state index contributed by atoms with van der Waals surface area (Å²) in [7, 11) is 0. The van der Waals surface area contributed by atoms with Crippen LogP contribution in [0.25, 0.3) is 0 Å². The summed E-state index contributed by atoms with van der Waals surface area (Å²) in [5.41, 5.74) is 0.320. The molecule has 2 N–H and O–H groups in total. The van der Waals surface area contributed by atoms with Gasteiger partial charge in [-0.05, 0) is 40.4 Å². The normalized spacial score (nSPS) is 14.1. The van der Waals surface area contributed by atoms with Gasteiger partial charge in [-0.25, -0.2) is 4.79 Å². The third kappa shape index (κ3) is 3.66. The van der Waals surface area contributed by atoms with Crippen LogP contribution in [0.1, 0.15) is 30.6 Å². The third-order valence-corrected chi connectivity index (χ3v) is 3.59. The summed E-state index contributed by atoms with van der Waals surface area (Å²) in [5.74, 6) is -0.331. The molecule has 2 rings (SSSR count). The Bertz CT molecular complexity index is 573. The van der Waals surface area contributed by atoms with Crippen LogP contribution in [-0.2, 0) is 4.79 Å². The van der Waals surface area contributed by atoms with Gasteiger partial charge in [-0.3, -0.25) is 4.79 Å². The average Bonchev–Trinajstić information content (AvgIpc) is 2.85. The molecule has 1 heterocycles. The molecule has 0 bridgehead atoms. The minimum absolute atomic E-state index is 0.101. The lowest BCUT2D eigenvalue weighted by atomic mass is 10.0. The van der Waals surface area contributed by atoms with Crippen LogP contribution in [0.5, 0.6) is 11.5 Å². The SMILES string of the molecule is CC(C)C[C@H](NC(=O)c1cc(Br)c2c(c1)OCO2)C(=O)O. The quantitative estimate of drug-likeness (QED) is 0.845. The summed E-state index contributed by atoms with van der Waals surface area (Å²) < 4.78 is 11.1. The van der Waals surface area contributed by atoms with Crippen LogP contribution in [0.4, 0.5) is 0 Å². The summed E-state index contributed by atoms with van der Waals surface area (Å²) in [5, 5.41) is 11.7. The van der Waals surface area contributed by atoms with Crippen LogP contribution in [0.2, 0.25) is 0 Å². The van der Waals surface area contributed by atoms with Gasteiger partial charge in [0.05, 0.1) is 4.47 Å². The molecule has 1 amide bonds. The molecule has 1 aliphatic rings. The summed E-state index contributed by atoms with van der Waals surface area (Å²) >= 11 is 3.30. The molecular weight excluding hydrogens is 342 g/mol. The van der Waals surface area contributed by atoms with Gasteiger partial charge in [0.1, 0.15) is 6.04 Å². The Balaban J connectivity index is 2.16. The first-order chi connectivity index (χ1) is 9.88. The number of nitrogens with one attached hydrogen (secondary N) is 1. The molecule has 0 spiro atoms. The van der Waals surface area contributed by atoms with E-state index in [0.717, 1.165) is 0 Å². The number of fused-ring (bicyclic) bond motifs is 1. The molecular formula is C14H16BrNO5. The fraction of sp³-hybridized carbons (Fsp3) is 0.429. The number of hydrogen-bond donors (Lipinski definition) is 2. The Labute approximate surface area is 130 Å². The maximum absolute atomic E-state index is 12.2. The van der Waals surface area contributed by atoms with Crippen LogP contribution in [0, 0.1) is 5.92 Å². The van der Waals surface area contributed by atoms with Crippen molar-refractivity contribution in [3.8, 4) is 11.5 Å². The van der Waals surface area contributed by atoms with Crippen LogP contribution >= 0.6 is 15.9 Å². The first-order valence-corrected chi connectivity index (χ1v) is 7.30. The summed E-state index contributed by atoms with van der Waals surface area (Å²) in [6.07, 6.45) is 0.368. The summed E-state index contributed by atoms with van der Waals surface area (Å²) in [6, 6.07) is 2.20. The predicted octanol–water partition coefficient (Wildman–Crippen LogP) is 2.41. The number of halogens is 1.